The molecule has 1 aromatic rings. The lowest BCUT2D eigenvalue weighted by molar-refractivity contribution is 0.126. The van der Waals surface area contributed by atoms with Crippen molar-refractivity contribution in [2.75, 3.05) is 4.90 Å². The second kappa shape index (κ2) is 4.63. The van der Waals surface area contributed by atoms with Gasteiger partial charge >= 0.3 is 0 Å². The van der Waals surface area contributed by atoms with Crippen LogP contribution in [0.25, 0.3) is 0 Å². The van der Waals surface area contributed by atoms with E-state index in [4.69, 9.17) is 0 Å². The highest BCUT2D eigenvalue weighted by atomic mass is 16.3. The van der Waals surface area contributed by atoms with Gasteiger partial charge in [0.1, 0.15) is 0 Å². The van der Waals surface area contributed by atoms with Gasteiger partial charge in [-0.2, -0.15) is 0 Å². The first-order valence-electron chi connectivity index (χ1n) is 7.11. The lowest BCUT2D eigenvalue weighted by Gasteiger charge is -2.37. The van der Waals surface area contributed by atoms with E-state index in [9.17, 15) is 9.90 Å². The van der Waals surface area contributed by atoms with Crippen molar-refractivity contribution in [1.82, 2.24) is 9.55 Å². The first kappa shape index (κ1) is 12.7. The number of anilines is 1. The normalized spacial score (nSPS) is 30.1. The second-order valence-corrected chi connectivity index (χ2v) is 5.97. The number of nitrogens with zero attached hydrogens (tertiary/aromatic N) is 3. The number of hydrogen-bond donors (Lipinski definition) is 1. The fraction of sp³-hybridized carbons (Fsp3) is 0.714. The molecule has 0 radical (unpaired) electrons. The third-order valence-electron chi connectivity index (χ3n) is 4.36. The molecule has 2 atom stereocenters. The molecule has 2 fully saturated rings. The molecule has 2 bridgehead atoms. The molecular weight excluding hydrogens is 242 g/mol. The summed E-state index contributed by atoms with van der Waals surface area (Å²) in [6.45, 7) is 4.00. The van der Waals surface area contributed by atoms with Gasteiger partial charge in [-0.05, 0) is 39.5 Å². The van der Waals surface area contributed by atoms with E-state index in [2.05, 4.69) is 9.88 Å². The van der Waals surface area contributed by atoms with Crippen LogP contribution in [0, 0.1) is 0 Å². The van der Waals surface area contributed by atoms with Crippen molar-refractivity contribution in [2.45, 2.75) is 63.8 Å². The van der Waals surface area contributed by atoms with Gasteiger partial charge in [0.2, 0.25) is 0 Å². The van der Waals surface area contributed by atoms with Crippen LogP contribution in [0.3, 0.4) is 0 Å². The molecule has 19 heavy (non-hydrogen) atoms. The zero-order valence-corrected chi connectivity index (χ0v) is 11.5. The molecule has 1 N–H and O–H groups in total. The van der Waals surface area contributed by atoms with Crippen LogP contribution in [0.15, 0.2) is 17.2 Å². The summed E-state index contributed by atoms with van der Waals surface area (Å²) in [7, 11) is 0. The summed E-state index contributed by atoms with van der Waals surface area (Å²) in [5.74, 6) is 0.565. The van der Waals surface area contributed by atoms with E-state index in [1.165, 1.54) is 0 Å². The minimum Gasteiger partial charge on any atom is -0.393 e. The van der Waals surface area contributed by atoms with Gasteiger partial charge in [0.05, 0.1) is 6.10 Å². The van der Waals surface area contributed by atoms with Crippen molar-refractivity contribution in [1.29, 1.82) is 0 Å². The van der Waals surface area contributed by atoms with Crippen LogP contribution in [-0.4, -0.2) is 32.8 Å². The van der Waals surface area contributed by atoms with E-state index < -0.39 is 0 Å². The summed E-state index contributed by atoms with van der Waals surface area (Å²) >= 11 is 0. The Hall–Kier alpha value is -1.36. The molecule has 104 valence electrons. The van der Waals surface area contributed by atoms with Crippen molar-refractivity contribution in [3.8, 4) is 0 Å². The molecule has 2 aliphatic rings. The molecule has 5 nitrogen and oxygen atoms in total. The number of rotatable bonds is 2. The molecular formula is C14H21N3O2. The van der Waals surface area contributed by atoms with Crippen molar-refractivity contribution in [3.05, 3.63) is 22.7 Å². The van der Waals surface area contributed by atoms with E-state index in [1.807, 2.05) is 13.8 Å². The Morgan fingerprint density at radius 1 is 1.32 bits per heavy atom. The largest absolute Gasteiger partial charge is 0.393 e. The Labute approximate surface area is 112 Å². The van der Waals surface area contributed by atoms with Crippen molar-refractivity contribution in [3.63, 3.8) is 0 Å². The first-order chi connectivity index (χ1) is 9.08. The van der Waals surface area contributed by atoms with E-state index in [-0.39, 0.29) is 29.8 Å². The molecule has 0 spiro atoms. The smallest absolute Gasteiger partial charge is 0.293 e. The van der Waals surface area contributed by atoms with Crippen molar-refractivity contribution < 1.29 is 5.11 Å². The summed E-state index contributed by atoms with van der Waals surface area (Å²) in [6.07, 6.45) is 6.87. The number of hydrogen-bond acceptors (Lipinski definition) is 4. The van der Waals surface area contributed by atoms with Gasteiger partial charge in [0.15, 0.2) is 5.82 Å². The lowest BCUT2D eigenvalue weighted by Crippen LogP contribution is -2.48. The maximum Gasteiger partial charge on any atom is 0.293 e. The Morgan fingerprint density at radius 2 is 1.95 bits per heavy atom. The van der Waals surface area contributed by atoms with Crippen molar-refractivity contribution >= 4 is 5.82 Å². The predicted octanol–water partition coefficient (Wildman–Crippen LogP) is 1.32. The Morgan fingerprint density at radius 3 is 2.53 bits per heavy atom. The monoisotopic (exact) mass is 263 g/mol. The third-order valence-corrected chi connectivity index (χ3v) is 4.36. The minimum atomic E-state index is -0.218. The number of aliphatic hydroxyl groups is 1. The molecule has 5 heteroatoms. The minimum absolute atomic E-state index is 0.00853. The van der Waals surface area contributed by atoms with Gasteiger partial charge < -0.3 is 14.6 Å². The fourth-order valence-electron chi connectivity index (χ4n) is 3.49. The summed E-state index contributed by atoms with van der Waals surface area (Å²) in [5.41, 5.74) is -0.00853. The van der Waals surface area contributed by atoms with Gasteiger partial charge in [-0.15, -0.1) is 0 Å². The molecule has 3 rings (SSSR count). The second-order valence-electron chi connectivity index (χ2n) is 5.97. The number of piperidine rings is 1. The highest BCUT2D eigenvalue weighted by molar-refractivity contribution is 5.42. The maximum absolute atomic E-state index is 12.5. The van der Waals surface area contributed by atoms with Crippen LogP contribution in [0.2, 0.25) is 0 Å². The highest BCUT2D eigenvalue weighted by Gasteiger charge is 2.41. The number of aromatic nitrogens is 2. The van der Waals surface area contributed by atoms with E-state index >= 15 is 0 Å². The summed E-state index contributed by atoms with van der Waals surface area (Å²) in [5, 5.41) is 9.84. The van der Waals surface area contributed by atoms with Crippen LogP contribution >= 0.6 is 0 Å². The van der Waals surface area contributed by atoms with Crippen molar-refractivity contribution in [2.24, 2.45) is 0 Å². The fourth-order valence-corrected chi connectivity index (χ4v) is 3.49. The number of fused-ring (bicyclic) bond motifs is 2. The Balaban J connectivity index is 2.00. The standard InChI is InChI=1S/C14H21N3O2/c1-9(2)16-6-5-15-13(14(16)19)17-10-3-4-11(17)8-12(18)7-10/h5-6,9-12,18H,3-4,7-8H2,1-2H3. The van der Waals surface area contributed by atoms with E-state index in [0.717, 1.165) is 25.7 Å². The van der Waals surface area contributed by atoms with Gasteiger partial charge in [0, 0.05) is 30.5 Å². The topological polar surface area (TPSA) is 58.4 Å². The predicted molar refractivity (Wildman–Crippen MR) is 73.4 cm³/mol. The van der Waals surface area contributed by atoms with Gasteiger partial charge in [0.25, 0.3) is 5.56 Å². The van der Waals surface area contributed by atoms with Crippen LogP contribution in [0.5, 0.6) is 0 Å². The molecule has 2 aliphatic heterocycles. The first-order valence-corrected chi connectivity index (χ1v) is 7.11. The maximum atomic E-state index is 12.5. The van der Waals surface area contributed by atoms with Crippen LogP contribution in [0.4, 0.5) is 5.82 Å². The van der Waals surface area contributed by atoms with E-state index in [1.54, 1.807) is 17.0 Å². The Bertz CT molecular complexity index is 512. The SMILES string of the molecule is CC(C)n1ccnc(N2C3CCC2CC(O)C3)c1=O. The summed E-state index contributed by atoms with van der Waals surface area (Å²) < 4.78 is 1.73. The highest BCUT2D eigenvalue weighted by Crippen LogP contribution is 2.37. The zero-order valence-electron chi connectivity index (χ0n) is 11.5. The third kappa shape index (κ3) is 2.06. The molecule has 3 heterocycles. The van der Waals surface area contributed by atoms with Crippen LogP contribution in [-0.2, 0) is 0 Å². The van der Waals surface area contributed by atoms with Crippen LogP contribution < -0.4 is 10.5 Å². The molecule has 0 amide bonds. The average Bonchev–Trinajstić information content (AvgIpc) is 2.62. The molecule has 0 aromatic carbocycles. The van der Waals surface area contributed by atoms with Gasteiger partial charge in [-0.25, -0.2) is 4.98 Å². The molecule has 0 aliphatic carbocycles. The Kier molecular flexibility index (Phi) is 3.09. The molecule has 0 saturated carbocycles. The van der Waals surface area contributed by atoms with Crippen LogP contribution in [0.1, 0.15) is 45.6 Å². The summed E-state index contributed by atoms with van der Waals surface area (Å²) in [4.78, 5) is 19.0. The zero-order chi connectivity index (χ0) is 13.6. The molecule has 2 unspecified atom stereocenters. The lowest BCUT2D eigenvalue weighted by atomic mass is 10.00. The van der Waals surface area contributed by atoms with E-state index in [0.29, 0.717) is 5.82 Å². The molecule has 2 saturated heterocycles. The average molecular weight is 263 g/mol. The molecule has 1 aromatic heterocycles. The van der Waals surface area contributed by atoms with Gasteiger partial charge in [-0.3, -0.25) is 4.79 Å². The number of aliphatic hydroxyl groups excluding tert-OH is 1. The summed E-state index contributed by atoms with van der Waals surface area (Å²) in [6, 6.07) is 0.691. The quantitative estimate of drug-likeness (QED) is 0.874. The van der Waals surface area contributed by atoms with Gasteiger partial charge in [-0.1, -0.05) is 0 Å².